The summed E-state index contributed by atoms with van der Waals surface area (Å²) in [4.78, 5) is 14.4. The molecule has 0 unspecified atom stereocenters. The fourth-order valence-corrected chi connectivity index (χ4v) is 4.18. The second-order valence-electron chi connectivity index (χ2n) is 8.57. The molecule has 4 heterocycles. The maximum atomic E-state index is 13.9. The standard InChI is InChI=1S/C28H25FN6/c1-5-7-23(18-8-6-9-21(29)10-18)24-13-26(32-17(24)2)27-25-12-20(15-31-28(25)34-33-27)19-11-22(35(3)4)16-30-14-19/h5-16,32H,1H2,2-4H3,(H,31,33,34)/b23-7-. The Balaban J connectivity index is 1.59. The lowest BCUT2D eigenvalue weighted by Crippen LogP contribution is -2.08. The number of H-pyrrole nitrogens is 2. The third kappa shape index (κ3) is 4.24. The third-order valence-electron chi connectivity index (χ3n) is 5.98. The number of aromatic nitrogens is 5. The van der Waals surface area contributed by atoms with E-state index in [0.717, 1.165) is 56.0 Å². The van der Waals surface area contributed by atoms with Crippen molar-refractivity contribution in [2.45, 2.75) is 6.92 Å². The average molecular weight is 465 g/mol. The third-order valence-corrected chi connectivity index (χ3v) is 5.98. The van der Waals surface area contributed by atoms with E-state index >= 15 is 0 Å². The molecule has 0 radical (unpaired) electrons. The van der Waals surface area contributed by atoms with Crippen molar-refractivity contribution in [1.29, 1.82) is 0 Å². The molecule has 0 atom stereocenters. The molecule has 5 aromatic rings. The van der Waals surface area contributed by atoms with Crippen LogP contribution in [0.5, 0.6) is 0 Å². The van der Waals surface area contributed by atoms with Gasteiger partial charge in [-0.3, -0.25) is 10.1 Å². The van der Waals surface area contributed by atoms with E-state index in [1.54, 1.807) is 12.1 Å². The van der Waals surface area contributed by atoms with Gasteiger partial charge in [-0.1, -0.05) is 30.9 Å². The van der Waals surface area contributed by atoms with Crippen LogP contribution in [0.4, 0.5) is 10.1 Å². The SMILES string of the molecule is C=C/C=C(/c1cccc(F)c1)c1cc(-c2[nH]nc3ncc(-c4cncc(N(C)C)c4)cc23)[nH]c1C. The molecule has 0 spiro atoms. The fraction of sp³-hybridized carbons (Fsp3) is 0.107. The molecule has 174 valence electrons. The average Bonchev–Trinajstić information content (AvgIpc) is 3.45. The summed E-state index contributed by atoms with van der Waals surface area (Å²) in [5.41, 5.74) is 8.84. The van der Waals surface area contributed by atoms with Gasteiger partial charge in [-0.15, -0.1) is 0 Å². The van der Waals surface area contributed by atoms with Crippen LogP contribution in [-0.2, 0) is 0 Å². The number of allylic oxidation sites excluding steroid dienone is 2. The van der Waals surface area contributed by atoms with Crippen LogP contribution in [0.15, 0.2) is 79.8 Å². The minimum Gasteiger partial charge on any atom is -0.376 e. The van der Waals surface area contributed by atoms with Gasteiger partial charge in [0.25, 0.3) is 0 Å². The highest BCUT2D eigenvalue weighted by Crippen LogP contribution is 2.34. The monoisotopic (exact) mass is 464 g/mol. The summed E-state index contributed by atoms with van der Waals surface area (Å²) in [6.45, 7) is 5.84. The Morgan fingerprint density at radius 2 is 1.89 bits per heavy atom. The predicted octanol–water partition coefficient (Wildman–Crippen LogP) is 6.15. The lowest BCUT2D eigenvalue weighted by atomic mass is 9.97. The number of hydrogen-bond donors (Lipinski definition) is 2. The van der Waals surface area contributed by atoms with Crippen molar-refractivity contribution in [2.24, 2.45) is 0 Å². The maximum Gasteiger partial charge on any atom is 0.181 e. The Labute approximate surface area is 202 Å². The smallest absolute Gasteiger partial charge is 0.181 e. The number of benzene rings is 1. The van der Waals surface area contributed by atoms with Crippen molar-refractivity contribution < 1.29 is 4.39 Å². The molecule has 0 saturated heterocycles. The highest BCUT2D eigenvalue weighted by molar-refractivity contribution is 5.94. The molecule has 4 aromatic heterocycles. The van der Waals surface area contributed by atoms with Crippen molar-refractivity contribution in [1.82, 2.24) is 25.1 Å². The van der Waals surface area contributed by atoms with Crippen LogP contribution in [0.3, 0.4) is 0 Å². The second kappa shape index (κ2) is 9.02. The highest BCUT2D eigenvalue weighted by Gasteiger charge is 2.17. The van der Waals surface area contributed by atoms with Crippen molar-refractivity contribution >= 4 is 22.3 Å². The largest absolute Gasteiger partial charge is 0.376 e. The number of aromatic amines is 2. The number of aryl methyl sites for hydroxylation is 1. The molecule has 7 heteroatoms. The molecule has 35 heavy (non-hydrogen) atoms. The van der Waals surface area contributed by atoms with Crippen LogP contribution < -0.4 is 4.90 Å². The Morgan fingerprint density at radius 3 is 2.66 bits per heavy atom. The van der Waals surface area contributed by atoms with Gasteiger partial charge in [-0.25, -0.2) is 9.37 Å². The van der Waals surface area contributed by atoms with Gasteiger partial charge in [0.05, 0.1) is 23.3 Å². The van der Waals surface area contributed by atoms with E-state index in [1.807, 2.05) is 62.7 Å². The summed E-state index contributed by atoms with van der Waals surface area (Å²) in [6.07, 6.45) is 9.07. The van der Waals surface area contributed by atoms with Gasteiger partial charge >= 0.3 is 0 Å². The lowest BCUT2D eigenvalue weighted by Gasteiger charge is -2.12. The number of fused-ring (bicyclic) bond motifs is 1. The van der Waals surface area contributed by atoms with Gasteiger partial charge in [0.1, 0.15) is 5.82 Å². The number of halogens is 1. The molecular weight excluding hydrogens is 439 g/mol. The number of anilines is 1. The lowest BCUT2D eigenvalue weighted by molar-refractivity contribution is 0.627. The van der Waals surface area contributed by atoms with E-state index in [4.69, 9.17) is 0 Å². The fourth-order valence-electron chi connectivity index (χ4n) is 4.18. The van der Waals surface area contributed by atoms with Crippen LogP contribution >= 0.6 is 0 Å². The molecule has 6 nitrogen and oxygen atoms in total. The molecule has 0 fully saturated rings. The maximum absolute atomic E-state index is 13.9. The summed E-state index contributed by atoms with van der Waals surface area (Å²) in [7, 11) is 3.97. The Hall–Kier alpha value is -4.52. The first kappa shape index (κ1) is 22.3. The summed E-state index contributed by atoms with van der Waals surface area (Å²) in [5, 5.41) is 8.43. The number of nitrogens with zero attached hydrogens (tertiary/aromatic N) is 4. The van der Waals surface area contributed by atoms with Crippen LogP contribution in [0.2, 0.25) is 0 Å². The zero-order chi connectivity index (χ0) is 24.5. The summed E-state index contributed by atoms with van der Waals surface area (Å²) >= 11 is 0. The Morgan fingerprint density at radius 1 is 1.06 bits per heavy atom. The number of hydrogen-bond acceptors (Lipinski definition) is 4. The molecule has 5 rings (SSSR count). The minimum atomic E-state index is -0.281. The Bertz CT molecular complexity index is 1570. The molecule has 0 amide bonds. The van der Waals surface area contributed by atoms with Crippen LogP contribution in [0.1, 0.15) is 16.8 Å². The van der Waals surface area contributed by atoms with Gasteiger partial charge in [0.15, 0.2) is 5.65 Å². The van der Waals surface area contributed by atoms with Gasteiger partial charge in [0, 0.05) is 54.3 Å². The molecule has 0 aliphatic rings. The molecule has 0 saturated carbocycles. The predicted molar refractivity (Wildman–Crippen MR) is 140 cm³/mol. The van der Waals surface area contributed by atoms with Crippen molar-refractivity contribution in [3.63, 3.8) is 0 Å². The van der Waals surface area contributed by atoms with Gasteiger partial charge in [-0.2, -0.15) is 5.10 Å². The quantitative estimate of drug-likeness (QED) is 0.296. The zero-order valence-corrected chi connectivity index (χ0v) is 19.8. The Kier molecular flexibility index (Phi) is 5.74. The molecule has 0 aliphatic carbocycles. The minimum absolute atomic E-state index is 0.281. The second-order valence-corrected chi connectivity index (χ2v) is 8.57. The van der Waals surface area contributed by atoms with Crippen molar-refractivity contribution in [2.75, 3.05) is 19.0 Å². The first-order valence-electron chi connectivity index (χ1n) is 11.2. The van der Waals surface area contributed by atoms with E-state index in [9.17, 15) is 4.39 Å². The molecule has 1 aromatic carbocycles. The van der Waals surface area contributed by atoms with Crippen molar-refractivity contribution in [3.8, 4) is 22.5 Å². The highest BCUT2D eigenvalue weighted by atomic mass is 19.1. The van der Waals surface area contributed by atoms with E-state index in [-0.39, 0.29) is 5.82 Å². The van der Waals surface area contributed by atoms with Crippen LogP contribution in [-0.4, -0.2) is 39.2 Å². The van der Waals surface area contributed by atoms with Crippen LogP contribution in [0, 0.1) is 12.7 Å². The number of pyridine rings is 2. The topological polar surface area (TPSA) is 73.5 Å². The van der Waals surface area contributed by atoms with E-state index in [1.165, 1.54) is 12.1 Å². The van der Waals surface area contributed by atoms with E-state index in [2.05, 4.69) is 43.9 Å². The summed E-state index contributed by atoms with van der Waals surface area (Å²) < 4.78 is 13.9. The van der Waals surface area contributed by atoms with Gasteiger partial charge in [-0.05, 0) is 48.4 Å². The molecule has 0 aliphatic heterocycles. The number of nitrogens with one attached hydrogen (secondary N) is 2. The van der Waals surface area contributed by atoms with Crippen molar-refractivity contribution in [3.05, 3.63) is 102 Å². The van der Waals surface area contributed by atoms with E-state index < -0.39 is 0 Å². The van der Waals surface area contributed by atoms with Crippen LogP contribution in [0.25, 0.3) is 39.1 Å². The zero-order valence-electron chi connectivity index (χ0n) is 19.8. The normalized spacial score (nSPS) is 11.7. The summed E-state index contributed by atoms with van der Waals surface area (Å²) in [5.74, 6) is -0.281. The summed E-state index contributed by atoms with van der Waals surface area (Å²) in [6, 6.07) is 12.8. The molecule has 2 N–H and O–H groups in total. The van der Waals surface area contributed by atoms with Gasteiger partial charge in [0.2, 0.25) is 0 Å². The first-order valence-corrected chi connectivity index (χ1v) is 11.2. The molecule has 0 bridgehead atoms. The number of rotatable bonds is 6. The van der Waals surface area contributed by atoms with E-state index in [0.29, 0.717) is 5.65 Å². The molecular formula is C28H25FN6. The first-order chi connectivity index (χ1) is 16.9. The van der Waals surface area contributed by atoms with Gasteiger partial charge < -0.3 is 9.88 Å².